The van der Waals surface area contributed by atoms with Crippen LogP contribution in [0.3, 0.4) is 0 Å². The predicted molar refractivity (Wildman–Crippen MR) is 102 cm³/mol. The van der Waals surface area contributed by atoms with E-state index in [4.69, 9.17) is 4.74 Å². The van der Waals surface area contributed by atoms with Gasteiger partial charge in [0.05, 0.1) is 12.6 Å². The van der Waals surface area contributed by atoms with Gasteiger partial charge in [0.15, 0.2) is 0 Å². The van der Waals surface area contributed by atoms with Crippen molar-refractivity contribution in [3.63, 3.8) is 0 Å². The molecule has 0 amide bonds. The number of hydrogen-bond acceptors (Lipinski definition) is 3. The largest absolute Gasteiger partial charge is 0.455 e. The van der Waals surface area contributed by atoms with Gasteiger partial charge in [-0.2, -0.15) is 0 Å². The van der Waals surface area contributed by atoms with E-state index in [0.717, 1.165) is 5.56 Å². The average molecular weight is 343 g/mol. The summed E-state index contributed by atoms with van der Waals surface area (Å²) in [6.07, 6.45) is -0.243. The Balaban J connectivity index is 1.70. The van der Waals surface area contributed by atoms with Crippen LogP contribution in [0.1, 0.15) is 28.8 Å². The number of cyclic esters (lactones) is 1. The molecule has 1 aliphatic heterocycles. The van der Waals surface area contributed by atoms with E-state index in [1.54, 1.807) is 0 Å². The number of hydrogen-bond donors (Lipinski definition) is 0. The molecule has 3 nitrogen and oxygen atoms in total. The lowest BCUT2D eigenvalue weighted by molar-refractivity contribution is -0.160. The van der Waals surface area contributed by atoms with Crippen molar-refractivity contribution in [2.45, 2.75) is 12.1 Å². The molecular formula is C23H21NO2. The lowest BCUT2D eigenvalue weighted by Crippen LogP contribution is -2.43. The number of rotatable bonds is 4. The van der Waals surface area contributed by atoms with Crippen LogP contribution in [0.15, 0.2) is 91.0 Å². The quantitative estimate of drug-likeness (QED) is 0.659. The van der Waals surface area contributed by atoms with E-state index in [0.29, 0.717) is 6.54 Å². The Morgan fingerprint density at radius 2 is 1.27 bits per heavy atom. The maximum Gasteiger partial charge on any atom is 0.320 e. The summed E-state index contributed by atoms with van der Waals surface area (Å²) >= 11 is 0. The molecule has 0 aromatic heterocycles. The molecule has 1 saturated heterocycles. The topological polar surface area (TPSA) is 29.5 Å². The zero-order valence-corrected chi connectivity index (χ0v) is 14.5. The van der Waals surface area contributed by atoms with Crippen molar-refractivity contribution < 1.29 is 9.53 Å². The summed E-state index contributed by atoms with van der Waals surface area (Å²) in [5.41, 5.74) is 3.39. The average Bonchev–Trinajstić information content (AvgIpc) is 2.70. The summed E-state index contributed by atoms with van der Waals surface area (Å²) in [5, 5.41) is 0. The van der Waals surface area contributed by atoms with Crippen molar-refractivity contribution in [3.8, 4) is 0 Å². The predicted octanol–water partition coefficient (Wildman–Crippen LogP) is 4.38. The minimum Gasteiger partial charge on any atom is -0.455 e. The van der Waals surface area contributed by atoms with Gasteiger partial charge in [0, 0.05) is 6.54 Å². The fourth-order valence-electron chi connectivity index (χ4n) is 3.60. The van der Waals surface area contributed by atoms with Gasteiger partial charge in [0.2, 0.25) is 0 Å². The number of esters is 1. The summed E-state index contributed by atoms with van der Waals surface area (Å²) in [7, 11) is 0. The van der Waals surface area contributed by atoms with E-state index in [1.807, 2.05) is 66.7 Å². The Kier molecular flexibility index (Phi) is 4.80. The number of carbonyl (C=O) groups excluding carboxylic acids is 1. The fraction of sp³-hybridized carbons (Fsp3) is 0.174. The first kappa shape index (κ1) is 16.6. The summed E-state index contributed by atoms with van der Waals surface area (Å²) in [6, 6.07) is 30.7. The maximum absolute atomic E-state index is 12.4. The normalized spacial score (nSPS) is 17.9. The minimum atomic E-state index is -0.243. The highest BCUT2D eigenvalue weighted by atomic mass is 16.5. The van der Waals surface area contributed by atoms with Gasteiger partial charge in [-0.25, -0.2) is 0 Å². The van der Waals surface area contributed by atoms with E-state index in [1.165, 1.54) is 11.1 Å². The van der Waals surface area contributed by atoms with Crippen LogP contribution in [0, 0.1) is 0 Å². The molecule has 1 atom stereocenters. The summed E-state index contributed by atoms with van der Waals surface area (Å²) < 4.78 is 5.64. The van der Waals surface area contributed by atoms with Gasteiger partial charge in [0.25, 0.3) is 0 Å². The van der Waals surface area contributed by atoms with Crippen molar-refractivity contribution in [2.24, 2.45) is 0 Å². The lowest BCUT2D eigenvalue weighted by atomic mass is 9.95. The number of benzene rings is 3. The van der Waals surface area contributed by atoms with Gasteiger partial charge in [-0.3, -0.25) is 9.69 Å². The first-order chi connectivity index (χ1) is 12.8. The third-order valence-electron chi connectivity index (χ3n) is 4.77. The zero-order valence-electron chi connectivity index (χ0n) is 14.5. The van der Waals surface area contributed by atoms with Gasteiger partial charge in [-0.15, -0.1) is 0 Å². The first-order valence-electron chi connectivity index (χ1n) is 8.89. The van der Waals surface area contributed by atoms with Crippen LogP contribution in [0.4, 0.5) is 0 Å². The molecule has 1 fully saturated rings. The molecule has 1 unspecified atom stereocenters. The molecule has 1 heterocycles. The lowest BCUT2D eigenvalue weighted by Gasteiger charge is -2.38. The first-order valence-corrected chi connectivity index (χ1v) is 8.89. The molecule has 0 saturated carbocycles. The van der Waals surface area contributed by atoms with Gasteiger partial charge >= 0.3 is 5.97 Å². The number of nitrogens with zero attached hydrogens (tertiary/aromatic N) is 1. The third kappa shape index (κ3) is 3.53. The fourth-order valence-corrected chi connectivity index (χ4v) is 3.60. The Morgan fingerprint density at radius 3 is 1.81 bits per heavy atom. The highest BCUT2D eigenvalue weighted by Gasteiger charge is 2.33. The van der Waals surface area contributed by atoms with Crippen molar-refractivity contribution in [1.82, 2.24) is 4.90 Å². The highest BCUT2D eigenvalue weighted by molar-refractivity contribution is 5.73. The highest BCUT2D eigenvalue weighted by Crippen LogP contribution is 2.33. The second-order valence-electron chi connectivity index (χ2n) is 6.54. The van der Waals surface area contributed by atoms with Crippen LogP contribution < -0.4 is 0 Å². The standard InChI is InChI=1S/C23H21NO2/c25-22-17-24(16-21(26-22)18-10-4-1-5-11-18)23(19-12-6-2-7-13-19)20-14-8-3-9-15-20/h1-15,21,23H,16-17H2. The molecule has 3 heteroatoms. The molecule has 3 aromatic rings. The monoisotopic (exact) mass is 343 g/mol. The summed E-state index contributed by atoms with van der Waals surface area (Å²) in [5.74, 6) is -0.179. The second kappa shape index (κ2) is 7.54. The van der Waals surface area contributed by atoms with Crippen LogP contribution in [-0.4, -0.2) is 24.0 Å². The Labute approximate surface area is 153 Å². The molecule has 0 spiro atoms. The molecular weight excluding hydrogens is 322 g/mol. The Morgan fingerprint density at radius 1 is 0.769 bits per heavy atom. The van der Waals surface area contributed by atoms with E-state index >= 15 is 0 Å². The molecule has 26 heavy (non-hydrogen) atoms. The molecule has 0 aliphatic carbocycles. The molecule has 0 radical (unpaired) electrons. The van der Waals surface area contributed by atoms with Crippen LogP contribution in [0.5, 0.6) is 0 Å². The van der Waals surface area contributed by atoms with Crippen LogP contribution in [0.2, 0.25) is 0 Å². The molecule has 130 valence electrons. The van der Waals surface area contributed by atoms with E-state index < -0.39 is 0 Å². The van der Waals surface area contributed by atoms with Crippen LogP contribution in [-0.2, 0) is 9.53 Å². The smallest absolute Gasteiger partial charge is 0.320 e. The maximum atomic E-state index is 12.4. The molecule has 1 aliphatic rings. The van der Waals surface area contributed by atoms with Crippen LogP contribution in [0.25, 0.3) is 0 Å². The summed E-state index contributed by atoms with van der Waals surface area (Å²) in [4.78, 5) is 14.6. The number of ether oxygens (including phenoxy) is 1. The molecule has 0 N–H and O–H groups in total. The summed E-state index contributed by atoms with van der Waals surface area (Å²) in [6.45, 7) is 0.960. The van der Waals surface area contributed by atoms with Gasteiger partial charge in [0.1, 0.15) is 6.10 Å². The second-order valence-corrected chi connectivity index (χ2v) is 6.54. The Hall–Kier alpha value is -2.91. The van der Waals surface area contributed by atoms with Crippen LogP contribution >= 0.6 is 0 Å². The minimum absolute atomic E-state index is 0.0245. The zero-order chi connectivity index (χ0) is 17.8. The van der Waals surface area contributed by atoms with E-state index in [2.05, 4.69) is 29.2 Å². The van der Waals surface area contributed by atoms with Crippen molar-refractivity contribution >= 4 is 5.97 Å². The van der Waals surface area contributed by atoms with Crippen molar-refractivity contribution in [2.75, 3.05) is 13.1 Å². The van der Waals surface area contributed by atoms with Crippen molar-refractivity contribution in [1.29, 1.82) is 0 Å². The third-order valence-corrected chi connectivity index (χ3v) is 4.77. The van der Waals surface area contributed by atoms with Gasteiger partial charge < -0.3 is 4.74 Å². The van der Waals surface area contributed by atoms with Gasteiger partial charge in [-0.1, -0.05) is 91.0 Å². The SMILES string of the molecule is O=C1CN(C(c2ccccc2)c2ccccc2)CC(c2ccccc2)O1. The number of carbonyl (C=O) groups is 1. The molecule has 4 rings (SSSR count). The van der Waals surface area contributed by atoms with E-state index in [-0.39, 0.29) is 24.7 Å². The van der Waals surface area contributed by atoms with Crippen molar-refractivity contribution in [3.05, 3.63) is 108 Å². The number of morpholine rings is 1. The molecule has 3 aromatic carbocycles. The molecule has 0 bridgehead atoms. The van der Waals surface area contributed by atoms with E-state index in [9.17, 15) is 4.79 Å². The Bertz CT molecular complexity index is 810. The van der Waals surface area contributed by atoms with Gasteiger partial charge in [-0.05, 0) is 16.7 Å².